The fourth-order valence-corrected chi connectivity index (χ4v) is 3.94. The highest BCUT2D eigenvalue weighted by Gasteiger charge is 2.20. The van der Waals surface area contributed by atoms with Crippen LogP contribution < -0.4 is 5.56 Å². The first-order chi connectivity index (χ1) is 13.6. The Morgan fingerprint density at radius 1 is 1.11 bits per heavy atom. The third-order valence-corrected chi connectivity index (χ3v) is 5.56. The molecule has 1 atom stereocenters. The van der Waals surface area contributed by atoms with Gasteiger partial charge in [-0.25, -0.2) is 4.98 Å². The van der Waals surface area contributed by atoms with E-state index < -0.39 is 0 Å². The molecule has 142 valence electrons. The molecular weight excluding hydrogens is 372 g/mol. The van der Waals surface area contributed by atoms with E-state index in [9.17, 15) is 4.79 Å². The fourth-order valence-electron chi connectivity index (χ4n) is 2.98. The van der Waals surface area contributed by atoms with Crippen LogP contribution in [0.1, 0.15) is 36.4 Å². The molecule has 28 heavy (non-hydrogen) atoms. The van der Waals surface area contributed by atoms with Crippen molar-refractivity contribution in [3.63, 3.8) is 0 Å². The van der Waals surface area contributed by atoms with Gasteiger partial charge in [0.25, 0.3) is 5.56 Å². The van der Waals surface area contributed by atoms with E-state index in [4.69, 9.17) is 9.40 Å². The smallest absolute Gasteiger partial charge is 0.266 e. The number of aromatic nitrogens is 4. The van der Waals surface area contributed by atoms with Gasteiger partial charge in [0.1, 0.15) is 0 Å². The zero-order chi connectivity index (χ0) is 19.7. The molecule has 0 amide bonds. The molecule has 0 N–H and O–H groups in total. The first-order valence-electron chi connectivity index (χ1n) is 9.14. The average molecular weight is 392 g/mol. The van der Waals surface area contributed by atoms with Gasteiger partial charge in [0.15, 0.2) is 5.16 Å². The molecule has 2 aromatic heterocycles. The van der Waals surface area contributed by atoms with Crippen molar-refractivity contribution in [3.8, 4) is 5.69 Å². The number of thioether (sulfide) groups is 1. The maximum Gasteiger partial charge on any atom is 0.266 e. The van der Waals surface area contributed by atoms with Crippen molar-refractivity contribution in [2.75, 3.05) is 0 Å². The Bertz CT molecular complexity index is 1180. The largest absolute Gasteiger partial charge is 0.424 e. The van der Waals surface area contributed by atoms with Gasteiger partial charge in [-0.1, -0.05) is 43.0 Å². The zero-order valence-corrected chi connectivity index (χ0v) is 16.7. The summed E-state index contributed by atoms with van der Waals surface area (Å²) in [5, 5.41) is 9.04. The van der Waals surface area contributed by atoms with Gasteiger partial charge in [0.2, 0.25) is 11.8 Å². The maximum atomic E-state index is 13.3. The maximum absolute atomic E-state index is 13.3. The molecule has 0 spiro atoms. The summed E-state index contributed by atoms with van der Waals surface area (Å²) < 4.78 is 7.21. The average Bonchev–Trinajstić information content (AvgIpc) is 3.15. The first kappa shape index (κ1) is 18.4. The lowest BCUT2D eigenvalue weighted by molar-refractivity contribution is 0.470. The summed E-state index contributed by atoms with van der Waals surface area (Å²) in [5.41, 5.74) is 2.59. The Kier molecular flexibility index (Phi) is 5.00. The number of benzene rings is 2. The highest BCUT2D eigenvalue weighted by atomic mass is 32.2. The number of hydrogen-bond acceptors (Lipinski definition) is 6. The van der Waals surface area contributed by atoms with E-state index in [1.807, 2.05) is 49.4 Å². The quantitative estimate of drug-likeness (QED) is 0.368. The Morgan fingerprint density at radius 2 is 1.86 bits per heavy atom. The third-order valence-electron chi connectivity index (χ3n) is 4.52. The zero-order valence-electron chi connectivity index (χ0n) is 15.9. The Hall–Kier alpha value is -2.93. The number of para-hydroxylation sites is 1. The van der Waals surface area contributed by atoms with Crippen LogP contribution >= 0.6 is 11.8 Å². The summed E-state index contributed by atoms with van der Waals surface area (Å²) in [6, 6.07) is 15.4. The molecule has 4 aromatic rings. The molecule has 0 aliphatic rings. The van der Waals surface area contributed by atoms with Crippen LogP contribution in [0, 0.1) is 6.92 Å². The van der Waals surface area contributed by atoms with Gasteiger partial charge in [-0.3, -0.25) is 9.36 Å². The van der Waals surface area contributed by atoms with Crippen molar-refractivity contribution in [2.45, 2.75) is 37.6 Å². The molecule has 0 aliphatic heterocycles. The lowest BCUT2D eigenvalue weighted by Crippen LogP contribution is -2.22. The molecule has 0 bridgehead atoms. The monoisotopic (exact) mass is 392 g/mol. The Labute approximate surface area is 166 Å². The molecule has 7 heteroatoms. The predicted octanol–water partition coefficient (Wildman–Crippen LogP) is 4.49. The van der Waals surface area contributed by atoms with Crippen molar-refractivity contribution in [1.29, 1.82) is 0 Å². The van der Waals surface area contributed by atoms with Crippen LogP contribution in [0.25, 0.3) is 16.6 Å². The third kappa shape index (κ3) is 3.45. The second kappa shape index (κ2) is 7.59. The Balaban J connectivity index is 1.86. The summed E-state index contributed by atoms with van der Waals surface area (Å²) in [4.78, 5) is 18.0. The van der Waals surface area contributed by atoms with E-state index in [-0.39, 0.29) is 10.8 Å². The summed E-state index contributed by atoms with van der Waals surface area (Å²) in [6.07, 6.45) is 0.945. The standard InChI is InChI=1S/C21H20N4O2S/c1-4-15-9-11-16(12-10-15)25-20(26)17-7-5-6-8-18(17)22-21(25)28-13(2)19-24-23-14(3)27-19/h5-13H,4H2,1-3H3/t13-/m1/s1. The SMILES string of the molecule is CCc1ccc(-n2c(S[C@H](C)c3nnc(C)o3)nc3ccccc3c2=O)cc1. The van der Waals surface area contributed by atoms with Gasteiger partial charge < -0.3 is 4.42 Å². The van der Waals surface area contributed by atoms with E-state index in [0.29, 0.717) is 27.8 Å². The molecule has 0 unspecified atom stereocenters. The lowest BCUT2D eigenvalue weighted by atomic mass is 10.1. The van der Waals surface area contributed by atoms with Gasteiger partial charge in [0, 0.05) is 6.92 Å². The van der Waals surface area contributed by atoms with Crippen molar-refractivity contribution < 1.29 is 4.42 Å². The molecule has 0 radical (unpaired) electrons. The van der Waals surface area contributed by atoms with Gasteiger partial charge >= 0.3 is 0 Å². The summed E-state index contributed by atoms with van der Waals surface area (Å²) in [7, 11) is 0. The molecule has 2 heterocycles. The van der Waals surface area contributed by atoms with Crippen LogP contribution in [0.4, 0.5) is 0 Å². The summed E-state index contributed by atoms with van der Waals surface area (Å²) >= 11 is 1.43. The van der Waals surface area contributed by atoms with Crippen LogP contribution in [0.2, 0.25) is 0 Å². The van der Waals surface area contributed by atoms with E-state index in [1.54, 1.807) is 17.6 Å². The highest BCUT2D eigenvalue weighted by molar-refractivity contribution is 7.99. The van der Waals surface area contributed by atoms with Crippen molar-refractivity contribution >= 4 is 22.7 Å². The van der Waals surface area contributed by atoms with Gasteiger partial charge in [-0.05, 0) is 43.2 Å². The first-order valence-corrected chi connectivity index (χ1v) is 10.0. The number of aryl methyl sites for hydroxylation is 2. The molecule has 0 saturated heterocycles. The summed E-state index contributed by atoms with van der Waals surface area (Å²) in [6.45, 7) is 5.82. The summed E-state index contributed by atoms with van der Waals surface area (Å²) in [5.74, 6) is 1.03. The van der Waals surface area contributed by atoms with Crippen LogP contribution in [-0.2, 0) is 6.42 Å². The van der Waals surface area contributed by atoms with E-state index in [0.717, 1.165) is 12.1 Å². The topological polar surface area (TPSA) is 73.8 Å². The van der Waals surface area contributed by atoms with Crippen LogP contribution in [-0.4, -0.2) is 19.7 Å². The van der Waals surface area contributed by atoms with E-state index >= 15 is 0 Å². The van der Waals surface area contributed by atoms with E-state index in [2.05, 4.69) is 17.1 Å². The number of nitrogens with zero attached hydrogens (tertiary/aromatic N) is 4. The predicted molar refractivity (Wildman–Crippen MR) is 110 cm³/mol. The Morgan fingerprint density at radius 3 is 2.54 bits per heavy atom. The minimum absolute atomic E-state index is 0.0914. The lowest BCUT2D eigenvalue weighted by Gasteiger charge is -2.15. The van der Waals surface area contributed by atoms with Crippen LogP contribution in [0.3, 0.4) is 0 Å². The van der Waals surface area contributed by atoms with Crippen LogP contribution in [0.5, 0.6) is 0 Å². The molecule has 2 aromatic carbocycles. The molecule has 6 nitrogen and oxygen atoms in total. The molecular formula is C21H20N4O2S. The van der Waals surface area contributed by atoms with Gasteiger partial charge in [0.05, 0.1) is 21.8 Å². The number of fused-ring (bicyclic) bond motifs is 1. The highest BCUT2D eigenvalue weighted by Crippen LogP contribution is 2.34. The minimum atomic E-state index is -0.143. The van der Waals surface area contributed by atoms with Gasteiger partial charge in [-0.2, -0.15) is 0 Å². The van der Waals surface area contributed by atoms with Crippen molar-refractivity contribution in [1.82, 2.24) is 19.7 Å². The van der Waals surface area contributed by atoms with Gasteiger partial charge in [-0.15, -0.1) is 10.2 Å². The normalized spacial score (nSPS) is 12.4. The second-order valence-electron chi connectivity index (χ2n) is 6.49. The van der Waals surface area contributed by atoms with Crippen LogP contribution in [0.15, 0.2) is 62.9 Å². The second-order valence-corrected chi connectivity index (χ2v) is 7.80. The molecule has 0 saturated carbocycles. The fraction of sp³-hybridized carbons (Fsp3) is 0.238. The minimum Gasteiger partial charge on any atom is -0.424 e. The molecule has 0 aliphatic carbocycles. The number of rotatable bonds is 5. The molecule has 0 fully saturated rings. The van der Waals surface area contributed by atoms with E-state index in [1.165, 1.54) is 17.3 Å². The number of hydrogen-bond donors (Lipinski definition) is 0. The van der Waals surface area contributed by atoms with Crippen molar-refractivity contribution in [3.05, 3.63) is 76.2 Å². The molecule has 4 rings (SSSR count). The van der Waals surface area contributed by atoms with Crippen molar-refractivity contribution in [2.24, 2.45) is 0 Å².